The number of benzene rings is 5. The minimum absolute atomic E-state index is 0.0263. The molecule has 5 aromatic carbocycles. The smallest absolute Gasteiger partial charge is 0.230 e. The van der Waals surface area contributed by atoms with Crippen LogP contribution in [0.5, 0.6) is 23.0 Å². The molecule has 0 saturated heterocycles. The highest BCUT2D eigenvalue weighted by molar-refractivity contribution is 6.06. The van der Waals surface area contributed by atoms with E-state index in [2.05, 4.69) is 0 Å². The van der Waals surface area contributed by atoms with Crippen molar-refractivity contribution in [1.82, 2.24) is 0 Å². The van der Waals surface area contributed by atoms with Gasteiger partial charge in [-0.05, 0) is 77.4 Å². The van der Waals surface area contributed by atoms with Crippen LogP contribution in [0, 0.1) is 0 Å². The molecule has 0 aliphatic heterocycles. The summed E-state index contributed by atoms with van der Waals surface area (Å²) in [5.41, 5.74) is 16.3. The van der Waals surface area contributed by atoms with Crippen LogP contribution >= 0.6 is 0 Å². The van der Waals surface area contributed by atoms with Crippen molar-refractivity contribution >= 4 is 23.2 Å². The summed E-state index contributed by atoms with van der Waals surface area (Å²) < 4.78 is 22.7. The monoisotopic (exact) mass is 558 g/mol. The van der Waals surface area contributed by atoms with E-state index in [0.717, 1.165) is 16.7 Å². The predicted molar refractivity (Wildman–Crippen MR) is 166 cm³/mol. The molecule has 0 atom stereocenters. The van der Waals surface area contributed by atoms with Gasteiger partial charge in [0.05, 0.1) is 5.69 Å². The zero-order valence-electron chi connectivity index (χ0n) is 22.8. The quantitative estimate of drug-likeness (QED) is 0.0719. The highest BCUT2D eigenvalue weighted by Crippen LogP contribution is 2.26. The molecule has 0 bridgehead atoms. The van der Waals surface area contributed by atoms with Gasteiger partial charge in [0.25, 0.3) is 0 Å². The Morgan fingerprint density at radius 1 is 0.595 bits per heavy atom. The van der Waals surface area contributed by atoms with Crippen LogP contribution < -0.4 is 30.4 Å². The average molecular weight is 559 g/mol. The molecule has 0 aliphatic rings. The van der Waals surface area contributed by atoms with Crippen molar-refractivity contribution in [3.05, 3.63) is 139 Å². The lowest BCUT2D eigenvalue weighted by atomic mass is 10.1. The molecule has 0 fully saturated rings. The summed E-state index contributed by atoms with van der Waals surface area (Å²) in [5, 5.41) is 0. The van der Waals surface area contributed by atoms with Crippen LogP contribution in [0.2, 0.25) is 0 Å². The Labute approximate surface area is 244 Å². The van der Waals surface area contributed by atoms with E-state index in [1.165, 1.54) is 0 Å². The van der Waals surface area contributed by atoms with Crippen molar-refractivity contribution < 1.29 is 23.7 Å². The molecule has 210 valence electrons. The lowest BCUT2D eigenvalue weighted by Gasteiger charge is -2.11. The molecule has 5 aromatic rings. The number of ether oxygens (including phenoxy) is 4. The number of allylic oxidation sites excluding steroid dienone is 1. The lowest BCUT2D eigenvalue weighted by Crippen LogP contribution is -2.07. The molecular formula is C35H30N2O5. The largest absolute Gasteiger partial charge is 0.458 e. The molecule has 0 heterocycles. The van der Waals surface area contributed by atoms with Crippen LogP contribution in [0.25, 0.3) is 17.2 Å². The van der Waals surface area contributed by atoms with Crippen LogP contribution in [0.1, 0.15) is 15.9 Å². The molecule has 7 heteroatoms. The second kappa shape index (κ2) is 13.6. The van der Waals surface area contributed by atoms with E-state index in [1.54, 1.807) is 42.5 Å². The fourth-order valence-electron chi connectivity index (χ4n) is 4.06. The third-order valence-electron chi connectivity index (χ3n) is 6.33. The van der Waals surface area contributed by atoms with E-state index in [0.29, 0.717) is 39.9 Å². The van der Waals surface area contributed by atoms with Gasteiger partial charge in [-0.2, -0.15) is 0 Å². The SMILES string of the molecule is Nc1ccc(OCOc2ccc(-c3ccc(OCOc4ccc(C=CC(=O)c5ccccc5)cc4)cc3)cc2)c(N)c1. The van der Waals surface area contributed by atoms with Gasteiger partial charge in [0, 0.05) is 11.3 Å². The van der Waals surface area contributed by atoms with Crippen LogP contribution in [-0.2, 0) is 0 Å². The van der Waals surface area contributed by atoms with Gasteiger partial charge in [0.15, 0.2) is 5.78 Å². The summed E-state index contributed by atoms with van der Waals surface area (Å²) in [6.07, 6.45) is 3.35. The van der Waals surface area contributed by atoms with Gasteiger partial charge in [-0.25, -0.2) is 0 Å². The molecule has 7 nitrogen and oxygen atoms in total. The molecule has 4 N–H and O–H groups in total. The summed E-state index contributed by atoms with van der Waals surface area (Å²) in [6.45, 7) is 0.0929. The van der Waals surface area contributed by atoms with E-state index in [1.807, 2.05) is 91.0 Å². The van der Waals surface area contributed by atoms with Crippen LogP contribution in [0.3, 0.4) is 0 Å². The number of carbonyl (C=O) groups is 1. The number of anilines is 2. The Hall–Kier alpha value is -5.69. The van der Waals surface area contributed by atoms with Gasteiger partial charge in [0.1, 0.15) is 23.0 Å². The number of nitrogen functional groups attached to an aromatic ring is 2. The number of ketones is 1. The first-order valence-electron chi connectivity index (χ1n) is 13.3. The van der Waals surface area contributed by atoms with Crippen molar-refractivity contribution in [3.63, 3.8) is 0 Å². The van der Waals surface area contributed by atoms with E-state index >= 15 is 0 Å². The normalized spacial score (nSPS) is 10.8. The Balaban J connectivity index is 1.05. The van der Waals surface area contributed by atoms with Gasteiger partial charge in [-0.3, -0.25) is 4.79 Å². The second-order valence-corrected chi connectivity index (χ2v) is 9.29. The Morgan fingerprint density at radius 3 is 1.67 bits per heavy atom. The molecule has 0 aromatic heterocycles. The molecule has 0 aliphatic carbocycles. The van der Waals surface area contributed by atoms with Crippen LogP contribution in [0.4, 0.5) is 11.4 Å². The Kier molecular flexibility index (Phi) is 9.01. The number of hydrogen-bond acceptors (Lipinski definition) is 7. The summed E-state index contributed by atoms with van der Waals surface area (Å²) in [5.74, 6) is 2.52. The second-order valence-electron chi connectivity index (χ2n) is 9.29. The van der Waals surface area contributed by atoms with E-state index < -0.39 is 0 Å². The topological polar surface area (TPSA) is 106 Å². The zero-order valence-corrected chi connectivity index (χ0v) is 22.8. The molecule has 0 spiro atoms. The standard InChI is InChI=1S/C35H30N2O5/c36-29-13-21-35(33(37)22-29)42-24-41-32-18-11-27(12-19-32)26-9-16-31(17-10-26)40-23-39-30-14-6-25(7-15-30)8-20-34(38)28-4-2-1-3-5-28/h1-22H,23-24,36-37H2. The average Bonchev–Trinajstić information content (AvgIpc) is 3.03. The third kappa shape index (κ3) is 7.70. The third-order valence-corrected chi connectivity index (χ3v) is 6.33. The van der Waals surface area contributed by atoms with E-state index in [4.69, 9.17) is 30.4 Å². The van der Waals surface area contributed by atoms with Crippen molar-refractivity contribution in [2.24, 2.45) is 0 Å². The number of rotatable bonds is 12. The fourth-order valence-corrected chi connectivity index (χ4v) is 4.06. The summed E-state index contributed by atoms with van der Waals surface area (Å²) in [7, 11) is 0. The molecule has 0 radical (unpaired) electrons. The lowest BCUT2D eigenvalue weighted by molar-refractivity contribution is 0.104. The minimum Gasteiger partial charge on any atom is -0.458 e. The first-order chi connectivity index (χ1) is 20.5. The number of nitrogens with two attached hydrogens (primary N) is 2. The highest BCUT2D eigenvalue weighted by Gasteiger charge is 2.04. The Morgan fingerprint density at radius 2 is 1.12 bits per heavy atom. The maximum atomic E-state index is 12.2. The van der Waals surface area contributed by atoms with Crippen LogP contribution in [0.15, 0.2) is 127 Å². The van der Waals surface area contributed by atoms with Crippen molar-refractivity contribution in [1.29, 1.82) is 0 Å². The van der Waals surface area contributed by atoms with Gasteiger partial charge >= 0.3 is 0 Å². The first-order valence-corrected chi connectivity index (χ1v) is 13.3. The van der Waals surface area contributed by atoms with E-state index in [-0.39, 0.29) is 19.4 Å². The van der Waals surface area contributed by atoms with Gasteiger partial charge in [-0.15, -0.1) is 0 Å². The van der Waals surface area contributed by atoms with Gasteiger partial charge in [-0.1, -0.05) is 72.8 Å². The zero-order chi connectivity index (χ0) is 29.1. The molecule has 0 unspecified atom stereocenters. The van der Waals surface area contributed by atoms with Crippen molar-refractivity contribution in [3.8, 4) is 34.1 Å². The summed E-state index contributed by atoms with van der Waals surface area (Å²) >= 11 is 0. The van der Waals surface area contributed by atoms with Gasteiger partial charge in [0.2, 0.25) is 13.6 Å². The molecular weight excluding hydrogens is 528 g/mol. The summed E-state index contributed by atoms with van der Waals surface area (Å²) in [6, 6.07) is 37.2. The molecule has 0 saturated carbocycles. The maximum absolute atomic E-state index is 12.2. The molecule has 5 rings (SSSR count). The maximum Gasteiger partial charge on any atom is 0.230 e. The van der Waals surface area contributed by atoms with E-state index in [9.17, 15) is 4.79 Å². The van der Waals surface area contributed by atoms with Crippen LogP contribution in [-0.4, -0.2) is 19.4 Å². The predicted octanol–water partition coefficient (Wildman–Crippen LogP) is 7.24. The summed E-state index contributed by atoms with van der Waals surface area (Å²) in [4.78, 5) is 12.2. The van der Waals surface area contributed by atoms with Gasteiger partial charge < -0.3 is 30.4 Å². The Bertz CT molecular complexity index is 1630. The molecule has 0 amide bonds. The fraction of sp³-hybridized carbons (Fsp3) is 0.0571. The minimum atomic E-state index is -0.0378. The van der Waals surface area contributed by atoms with Crippen molar-refractivity contribution in [2.75, 3.05) is 25.1 Å². The highest BCUT2D eigenvalue weighted by atomic mass is 16.7. The molecule has 42 heavy (non-hydrogen) atoms. The van der Waals surface area contributed by atoms with Crippen molar-refractivity contribution in [2.45, 2.75) is 0 Å². The number of carbonyl (C=O) groups excluding carboxylic acids is 1. The number of hydrogen-bond donors (Lipinski definition) is 2. The first kappa shape index (κ1) is 27.9.